The highest BCUT2D eigenvalue weighted by Crippen LogP contribution is 2.41. The van der Waals surface area contributed by atoms with E-state index >= 15 is 0 Å². The Labute approximate surface area is 327 Å². The lowest BCUT2D eigenvalue weighted by atomic mass is 10.0. The van der Waals surface area contributed by atoms with Gasteiger partial charge in [0.25, 0.3) is 0 Å². The van der Waals surface area contributed by atoms with E-state index in [0.29, 0.717) is 23.3 Å². The van der Waals surface area contributed by atoms with E-state index < -0.39 is 0 Å². The van der Waals surface area contributed by atoms with Crippen LogP contribution in [0.5, 0.6) is 0 Å². The highest BCUT2D eigenvalue weighted by atomic mass is 32.2. The molecule has 10 aromatic rings. The van der Waals surface area contributed by atoms with Crippen molar-refractivity contribution in [2.75, 3.05) is 0 Å². The zero-order valence-corrected chi connectivity index (χ0v) is 30.8. The van der Waals surface area contributed by atoms with E-state index in [1.165, 1.54) is 0 Å². The van der Waals surface area contributed by atoms with Gasteiger partial charge in [0, 0.05) is 49.7 Å². The second kappa shape index (κ2) is 14.5. The van der Waals surface area contributed by atoms with Gasteiger partial charge in [0.2, 0.25) is 0 Å². The Balaban J connectivity index is 1.11. The zero-order chi connectivity index (χ0) is 37.3. The summed E-state index contributed by atoms with van der Waals surface area (Å²) in [6, 6.07) is 61.5. The lowest BCUT2D eigenvalue weighted by Gasteiger charge is -2.12. The molecule has 3 aromatic heterocycles. The van der Waals surface area contributed by atoms with Crippen LogP contribution in [0.1, 0.15) is 0 Å². The van der Waals surface area contributed by atoms with Crippen molar-refractivity contribution >= 4 is 33.7 Å². The number of furan rings is 1. The van der Waals surface area contributed by atoms with Gasteiger partial charge in [-0.15, -0.1) is 0 Å². The minimum atomic E-state index is 0.579. The minimum Gasteiger partial charge on any atom is -0.456 e. The Bertz CT molecular complexity index is 2930. The predicted molar refractivity (Wildman–Crippen MR) is 226 cm³/mol. The molecule has 0 atom stereocenters. The number of benzene rings is 7. The quantitative estimate of drug-likeness (QED) is 0.154. The van der Waals surface area contributed by atoms with Crippen LogP contribution in [0.15, 0.2) is 202 Å². The van der Waals surface area contributed by atoms with Crippen LogP contribution in [0.4, 0.5) is 0 Å². The third kappa shape index (κ3) is 6.50. The van der Waals surface area contributed by atoms with Crippen molar-refractivity contribution in [3.8, 4) is 67.9 Å². The molecule has 0 aliphatic heterocycles. The Morgan fingerprint density at radius 1 is 0.393 bits per heavy atom. The average molecular weight is 738 g/mol. The molecule has 10 rings (SSSR count). The summed E-state index contributed by atoms with van der Waals surface area (Å²) < 4.78 is 6.62. The average Bonchev–Trinajstić information content (AvgIpc) is 3.66. The molecule has 56 heavy (non-hydrogen) atoms. The molecule has 0 aliphatic rings. The van der Waals surface area contributed by atoms with Crippen molar-refractivity contribution in [3.05, 3.63) is 188 Å². The minimum absolute atomic E-state index is 0.579. The lowest BCUT2D eigenvalue weighted by Crippen LogP contribution is -2.00. The molecule has 3 heterocycles. The highest BCUT2D eigenvalue weighted by molar-refractivity contribution is 7.99. The second-order valence-corrected chi connectivity index (χ2v) is 14.4. The first-order valence-electron chi connectivity index (χ1n) is 18.3. The molecule has 0 fully saturated rings. The van der Waals surface area contributed by atoms with Crippen LogP contribution in [0.3, 0.4) is 0 Å². The van der Waals surface area contributed by atoms with Crippen LogP contribution >= 0.6 is 11.8 Å². The summed E-state index contributed by atoms with van der Waals surface area (Å²) in [6.45, 7) is 0. The molecule has 0 aliphatic carbocycles. The summed E-state index contributed by atoms with van der Waals surface area (Å²) >= 11 is 1.64. The van der Waals surface area contributed by atoms with Crippen molar-refractivity contribution in [2.45, 2.75) is 9.79 Å². The van der Waals surface area contributed by atoms with E-state index in [1.54, 1.807) is 11.8 Å². The Kier molecular flexibility index (Phi) is 8.67. The fourth-order valence-corrected chi connectivity index (χ4v) is 7.88. The molecular formula is C49H31N5OS. The SMILES string of the molecule is c1ccc(Sc2cnc(-c3cccc(-c4ccccc4)c3)nc2-c2ccc3c(c2)oc2cccc(-c4nc(-c5ccccc5)nc(-c5ccccc5)n4)c23)cc1. The van der Waals surface area contributed by atoms with Crippen molar-refractivity contribution in [1.82, 2.24) is 24.9 Å². The van der Waals surface area contributed by atoms with E-state index in [0.717, 1.165) is 76.4 Å². The summed E-state index contributed by atoms with van der Waals surface area (Å²) in [5, 5.41) is 1.91. The maximum Gasteiger partial charge on any atom is 0.164 e. The molecule has 7 aromatic carbocycles. The first-order chi connectivity index (χ1) is 27.7. The summed E-state index contributed by atoms with van der Waals surface area (Å²) in [7, 11) is 0. The van der Waals surface area contributed by atoms with E-state index in [9.17, 15) is 0 Å². The Hall–Kier alpha value is -7.22. The van der Waals surface area contributed by atoms with Gasteiger partial charge in [-0.05, 0) is 47.5 Å². The second-order valence-electron chi connectivity index (χ2n) is 13.3. The molecule has 6 nitrogen and oxygen atoms in total. The van der Waals surface area contributed by atoms with Gasteiger partial charge in [-0.25, -0.2) is 24.9 Å². The van der Waals surface area contributed by atoms with E-state index in [2.05, 4.69) is 84.9 Å². The third-order valence-corrected chi connectivity index (χ3v) is 10.7. The molecule has 0 saturated carbocycles. The molecule has 264 valence electrons. The van der Waals surface area contributed by atoms with E-state index in [-0.39, 0.29) is 0 Å². The van der Waals surface area contributed by atoms with Gasteiger partial charge in [0.1, 0.15) is 11.2 Å². The topological polar surface area (TPSA) is 77.6 Å². The molecule has 0 saturated heterocycles. The first kappa shape index (κ1) is 33.4. The normalized spacial score (nSPS) is 11.3. The van der Waals surface area contributed by atoms with Gasteiger partial charge in [0.05, 0.1) is 10.6 Å². The molecule has 0 N–H and O–H groups in total. The molecular weight excluding hydrogens is 707 g/mol. The number of aromatic nitrogens is 5. The van der Waals surface area contributed by atoms with Crippen molar-refractivity contribution in [2.24, 2.45) is 0 Å². The summed E-state index contributed by atoms with van der Waals surface area (Å²) in [6.07, 6.45) is 1.93. The van der Waals surface area contributed by atoms with Crippen LogP contribution in [0.25, 0.3) is 89.9 Å². The maximum atomic E-state index is 6.62. The summed E-state index contributed by atoms with van der Waals surface area (Å²) in [5.74, 6) is 2.45. The number of rotatable bonds is 8. The van der Waals surface area contributed by atoms with Gasteiger partial charge in [-0.2, -0.15) is 0 Å². The number of nitrogens with zero attached hydrogens (tertiary/aromatic N) is 5. The molecule has 0 amide bonds. The molecule has 0 spiro atoms. The van der Waals surface area contributed by atoms with Gasteiger partial charge >= 0.3 is 0 Å². The zero-order valence-electron chi connectivity index (χ0n) is 30.0. The molecule has 0 bridgehead atoms. The largest absolute Gasteiger partial charge is 0.456 e. The number of hydrogen-bond acceptors (Lipinski definition) is 7. The van der Waals surface area contributed by atoms with Crippen LogP contribution < -0.4 is 0 Å². The molecule has 0 unspecified atom stereocenters. The fraction of sp³-hybridized carbons (Fsp3) is 0. The molecule has 7 heteroatoms. The van der Waals surface area contributed by atoms with Gasteiger partial charge < -0.3 is 4.42 Å². The monoisotopic (exact) mass is 737 g/mol. The standard InChI is InChI=1S/C49H31N5OS/c1-5-15-32(16-6-1)35-21-13-22-37(29-35)46-50-31-43(56-38-23-11-4-12-24-38)45(51-46)36-27-28-39-42(30-36)55-41-26-14-25-40(44(39)41)49-53-47(33-17-7-2-8-18-33)52-48(54-49)34-19-9-3-10-20-34/h1-31H. The summed E-state index contributed by atoms with van der Waals surface area (Å²) in [4.78, 5) is 27.2. The number of hydrogen-bond donors (Lipinski definition) is 0. The van der Waals surface area contributed by atoms with E-state index in [1.807, 2.05) is 103 Å². The van der Waals surface area contributed by atoms with Crippen LogP contribution in [0, 0.1) is 0 Å². The van der Waals surface area contributed by atoms with Crippen molar-refractivity contribution < 1.29 is 4.42 Å². The van der Waals surface area contributed by atoms with Crippen molar-refractivity contribution in [3.63, 3.8) is 0 Å². The smallest absolute Gasteiger partial charge is 0.164 e. The van der Waals surface area contributed by atoms with Crippen LogP contribution in [-0.4, -0.2) is 24.9 Å². The van der Waals surface area contributed by atoms with Crippen LogP contribution in [-0.2, 0) is 0 Å². The first-order valence-corrected chi connectivity index (χ1v) is 19.1. The van der Waals surface area contributed by atoms with Crippen molar-refractivity contribution in [1.29, 1.82) is 0 Å². The Morgan fingerprint density at radius 2 is 0.982 bits per heavy atom. The van der Waals surface area contributed by atoms with Crippen LogP contribution in [0.2, 0.25) is 0 Å². The summed E-state index contributed by atoms with van der Waals surface area (Å²) in [5.41, 5.74) is 9.15. The van der Waals surface area contributed by atoms with Gasteiger partial charge in [-0.3, -0.25) is 0 Å². The van der Waals surface area contributed by atoms with E-state index in [4.69, 9.17) is 29.3 Å². The van der Waals surface area contributed by atoms with Gasteiger partial charge in [0.15, 0.2) is 23.3 Å². The third-order valence-electron chi connectivity index (χ3n) is 9.66. The Morgan fingerprint density at radius 3 is 1.68 bits per heavy atom. The number of fused-ring (bicyclic) bond motifs is 3. The fourth-order valence-electron chi connectivity index (χ4n) is 6.96. The van der Waals surface area contributed by atoms with Gasteiger partial charge in [-0.1, -0.05) is 157 Å². The predicted octanol–water partition coefficient (Wildman–Crippen LogP) is 12.7. The maximum absolute atomic E-state index is 6.62. The lowest BCUT2D eigenvalue weighted by molar-refractivity contribution is 0.669. The molecule has 0 radical (unpaired) electrons. The highest BCUT2D eigenvalue weighted by Gasteiger charge is 2.20.